The Balaban J connectivity index is 2.06. The van der Waals surface area contributed by atoms with Gasteiger partial charge in [0.1, 0.15) is 0 Å². The van der Waals surface area contributed by atoms with Gasteiger partial charge in [0.25, 0.3) is 0 Å². The lowest BCUT2D eigenvalue weighted by molar-refractivity contribution is -0.144. The number of carbonyl (C=O) groups is 1. The molecule has 1 fully saturated rings. The van der Waals surface area contributed by atoms with Crippen LogP contribution in [0.5, 0.6) is 0 Å². The predicted molar refractivity (Wildman–Crippen MR) is 57.3 cm³/mol. The molecule has 3 atom stereocenters. The molecule has 0 heterocycles. The normalized spacial score (nSPS) is 36.9. The molecule has 0 radical (unpaired) electrons. The van der Waals surface area contributed by atoms with Crippen molar-refractivity contribution in [1.82, 2.24) is 0 Å². The summed E-state index contributed by atoms with van der Waals surface area (Å²) in [6.45, 7) is 0. The summed E-state index contributed by atoms with van der Waals surface area (Å²) in [5.74, 6) is -0.408. The SMILES string of the molecule is O=C(O)C1C2C=CC=C2C=C2CCCC21. The van der Waals surface area contributed by atoms with Crippen LogP contribution in [-0.2, 0) is 4.79 Å². The van der Waals surface area contributed by atoms with E-state index in [-0.39, 0.29) is 11.8 Å². The summed E-state index contributed by atoms with van der Waals surface area (Å²) >= 11 is 0. The van der Waals surface area contributed by atoms with Gasteiger partial charge in [0.05, 0.1) is 5.92 Å². The minimum absolute atomic E-state index is 0.134. The average molecular weight is 202 g/mol. The van der Waals surface area contributed by atoms with E-state index in [0.717, 1.165) is 19.3 Å². The molecule has 78 valence electrons. The zero-order chi connectivity index (χ0) is 10.4. The first-order valence-corrected chi connectivity index (χ1v) is 5.59. The first kappa shape index (κ1) is 8.96. The Morgan fingerprint density at radius 1 is 1.47 bits per heavy atom. The number of fused-ring (bicyclic) bond motifs is 2. The molecule has 0 aromatic rings. The van der Waals surface area contributed by atoms with Gasteiger partial charge in [-0.3, -0.25) is 4.79 Å². The molecule has 3 aliphatic carbocycles. The Morgan fingerprint density at radius 3 is 3.13 bits per heavy atom. The Bertz CT molecular complexity index is 401. The minimum atomic E-state index is -0.630. The summed E-state index contributed by atoms with van der Waals surface area (Å²) in [5, 5.41) is 9.34. The molecule has 0 aliphatic heterocycles. The van der Waals surface area contributed by atoms with Crippen LogP contribution in [0, 0.1) is 17.8 Å². The number of hydrogen-bond donors (Lipinski definition) is 1. The molecule has 3 unspecified atom stereocenters. The van der Waals surface area contributed by atoms with Crippen molar-refractivity contribution in [1.29, 1.82) is 0 Å². The van der Waals surface area contributed by atoms with Gasteiger partial charge in [0.2, 0.25) is 0 Å². The van der Waals surface area contributed by atoms with E-state index in [9.17, 15) is 9.90 Å². The number of hydrogen-bond acceptors (Lipinski definition) is 1. The predicted octanol–water partition coefficient (Wildman–Crippen LogP) is 2.54. The van der Waals surface area contributed by atoms with Crippen molar-refractivity contribution in [2.24, 2.45) is 17.8 Å². The van der Waals surface area contributed by atoms with E-state index >= 15 is 0 Å². The topological polar surface area (TPSA) is 37.3 Å². The maximum atomic E-state index is 11.4. The van der Waals surface area contributed by atoms with Crippen LogP contribution in [0.1, 0.15) is 19.3 Å². The minimum Gasteiger partial charge on any atom is -0.481 e. The number of carboxylic acids is 1. The molecule has 3 rings (SSSR count). The van der Waals surface area contributed by atoms with Crippen molar-refractivity contribution in [2.75, 3.05) is 0 Å². The molecule has 2 heteroatoms. The third-order valence-electron chi connectivity index (χ3n) is 3.91. The first-order valence-electron chi connectivity index (χ1n) is 5.59. The molecule has 2 nitrogen and oxygen atoms in total. The molecule has 3 aliphatic rings. The van der Waals surface area contributed by atoms with Crippen LogP contribution in [0.3, 0.4) is 0 Å². The molecule has 15 heavy (non-hydrogen) atoms. The zero-order valence-corrected chi connectivity index (χ0v) is 8.52. The lowest BCUT2D eigenvalue weighted by Crippen LogP contribution is -2.32. The highest BCUT2D eigenvalue weighted by Crippen LogP contribution is 2.48. The van der Waals surface area contributed by atoms with Gasteiger partial charge in [0, 0.05) is 5.92 Å². The third kappa shape index (κ3) is 1.21. The summed E-state index contributed by atoms with van der Waals surface area (Å²) in [5.41, 5.74) is 2.57. The molecule has 0 amide bonds. The number of rotatable bonds is 1. The first-order chi connectivity index (χ1) is 7.27. The van der Waals surface area contributed by atoms with Gasteiger partial charge in [0.15, 0.2) is 0 Å². The summed E-state index contributed by atoms with van der Waals surface area (Å²) < 4.78 is 0. The van der Waals surface area contributed by atoms with Gasteiger partial charge < -0.3 is 5.11 Å². The van der Waals surface area contributed by atoms with Crippen LogP contribution in [0.25, 0.3) is 0 Å². The van der Waals surface area contributed by atoms with E-state index in [0.29, 0.717) is 5.92 Å². The second kappa shape index (κ2) is 3.09. The van der Waals surface area contributed by atoms with Crippen LogP contribution >= 0.6 is 0 Å². The van der Waals surface area contributed by atoms with Crippen molar-refractivity contribution < 1.29 is 9.90 Å². The van der Waals surface area contributed by atoms with Crippen LogP contribution in [-0.4, -0.2) is 11.1 Å². The van der Waals surface area contributed by atoms with Crippen LogP contribution < -0.4 is 0 Å². The second-order valence-corrected chi connectivity index (χ2v) is 4.66. The van der Waals surface area contributed by atoms with E-state index in [1.165, 1.54) is 11.1 Å². The van der Waals surface area contributed by atoms with Crippen LogP contribution in [0.15, 0.2) is 35.5 Å². The Kier molecular flexibility index (Phi) is 1.84. The standard InChI is InChI=1S/C13H14O2/c14-13(15)12-10-5-1-3-8(10)7-9-4-2-6-11(9)12/h1,3,5,7,10-12H,2,4,6H2,(H,14,15). The largest absolute Gasteiger partial charge is 0.481 e. The third-order valence-corrected chi connectivity index (χ3v) is 3.91. The number of aliphatic carboxylic acids is 1. The molecule has 0 saturated heterocycles. The van der Waals surface area contributed by atoms with Gasteiger partial charge in [-0.25, -0.2) is 0 Å². The van der Waals surface area contributed by atoms with E-state index in [1.807, 2.05) is 12.2 Å². The molecule has 0 aromatic heterocycles. The average Bonchev–Trinajstić information content (AvgIpc) is 2.79. The zero-order valence-electron chi connectivity index (χ0n) is 8.52. The highest BCUT2D eigenvalue weighted by Gasteiger charge is 2.43. The summed E-state index contributed by atoms with van der Waals surface area (Å²) in [6.07, 6.45) is 11.6. The maximum Gasteiger partial charge on any atom is 0.308 e. The highest BCUT2D eigenvalue weighted by atomic mass is 16.4. The fourth-order valence-corrected chi connectivity index (χ4v) is 3.26. The van der Waals surface area contributed by atoms with Crippen molar-refractivity contribution >= 4 is 5.97 Å². The Morgan fingerprint density at radius 2 is 2.33 bits per heavy atom. The quantitative estimate of drug-likeness (QED) is 0.709. The van der Waals surface area contributed by atoms with Crippen molar-refractivity contribution in [3.63, 3.8) is 0 Å². The van der Waals surface area contributed by atoms with Crippen LogP contribution in [0.4, 0.5) is 0 Å². The smallest absolute Gasteiger partial charge is 0.308 e. The number of carboxylic acid groups (broad SMARTS) is 1. The summed E-state index contributed by atoms with van der Waals surface area (Å²) in [6, 6.07) is 0. The van der Waals surface area contributed by atoms with Gasteiger partial charge in [-0.2, -0.15) is 0 Å². The molecule has 0 bridgehead atoms. The summed E-state index contributed by atoms with van der Waals surface area (Å²) in [7, 11) is 0. The van der Waals surface area contributed by atoms with Crippen LogP contribution in [0.2, 0.25) is 0 Å². The van der Waals surface area contributed by atoms with Gasteiger partial charge >= 0.3 is 5.97 Å². The summed E-state index contributed by atoms with van der Waals surface area (Å²) in [4.78, 5) is 11.4. The van der Waals surface area contributed by atoms with Gasteiger partial charge in [-0.05, 0) is 30.8 Å². The monoisotopic (exact) mass is 202 g/mol. The van der Waals surface area contributed by atoms with Gasteiger partial charge in [-0.1, -0.05) is 29.9 Å². The van der Waals surface area contributed by atoms with Crippen molar-refractivity contribution in [2.45, 2.75) is 19.3 Å². The molecule has 0 spiro atoms. The highest BCUT2D eigenvalue weighted by molar-refractivity contribution is 5.74. The fraction of sp³-hybridized carbons (Fsp3) is 0.462. The van der Waals surface area contributed by atoms with E-state index in [2.05, 4.69) is 12.2 Å². The lowest BCUT2D eigenvalue weighted by atomic mass is 9.72. The van der Waals surface area contributed by atoms with E-state index in [1.54, 1.807) is 0 Å². The molecular formula is C13H14O2. The van der Waals surface area contributed by atoms with E-state index < -0.39 is 5.97 Å². The molecular weight excluding hydrogens is 188 g/mol. The van der Waals surface area contributed by atoms with E-state index in [4.69, 9.17) is 0 Å². The Labute approximate surface area is 89.0 Å². The molecule has 1 N–H and O–H groups in total. The molecule has 0 aromatic carbocycles. The fourth-order valence-electron chi connectivity index (χ4n) is 3.26. The lowest BCUT2D eigenvalue weighted by Gasteiger charge is -2.31. The van der Waals surface area contributed by atoms with Gasteiger partial charge in [-0.15, -0.1) is 0 Å². The number of allylic oxidation sites excluding steroid dienone is 6. The molecule has 1 saturated carbocycles. The second-order valence-electron chi connectivity index (χ2n) is 4.66. The van der Waals surface area contributed by atoms with Crippen molar-refractivity contribution in [3.8, 4) is 0 Å². The maximum absolute atomic E-state index is 11.4. The van der Waals surface area contributed by atoms with Crippen molar-refractivity contribution in [3.05, 3.63) is 35.5 Å². The Hall–Kier alpha value is -1.31.